The summed E-state index contributed by atoms with van der Waals surface area (Å²) >= 11 is 1.24. The Morgan fingerprint density at radius 1 is 1.28 bits per heavy atom. The summed E-state index contributed by atoms with van der Waals surface area (Å²) in [6.45, 7) is 6.87. The van der Waals surface area contributed by atoms with Crippen LogP contribution in [0.2, 0.25) is 0 Å². The second-order valence-corrected chi connectivity index (χ2v) is 9.85. The molecule has 5 heterocycles. The Morgan fingerprint density at radius 3 is 2.81 bits per heavy atom. The van der Waals surface area contributed by atoms with E-state index in [1.54, 1.807) is 28.6 Å². The summed E-state index contributed by atoms with van der Waals surface area (Å²) in [7, 11) is 0. The number of hydrogen-bond donors (Lipinski definition) is 2. The van der Waals surface area contributed by atoms with Crippen LogP contribution in [0.5, 0.6) is 0 Å². The van der Waals surface area contributed by atoms with Gasteiger partial charge in [0.15, 0.2) is 5.01 Å². The second-order valence-electron chi connectivity index (χ2n) is 8.87. The Kier molecular flexibility index (Phi) is 6.07. The Balaban J connectivity index is 1.44. The molecule has 0 radical (unpaired) electrons. The minimum absolute atomic E-state index is 0.0380. The lowest BCUT2D eigenvalue weighted by Crippen LogP contribution is -2.53. The van der Waals surface area contributed by atoms with E-state index in [-0.39, 0.29) is 18.0 Å². The number of nitrogens with zero attached hydrogens (tertiary/aromatic N) is 8. The van der Waals surface area contributed by atoms with Crippen molar-refractivity contribution >= 4 is 34.3 Å². The molecule has 0 spiro atoms. The maximum atomic E-state index is 12.8. The van der Waals surface area contributed by atoms with Crippen molar-refractivity contribution in [2.75, 3.05) is 18.4 Å². The van der Waals surface area contributed by atoms with Crippen LogP contribution in [0.15, 0.2) is 41.7 Å². The molecule has 36 heavy (non-hydrogen) atoms. The molecule has 4 aromatic rings. The third-order valence-electron chi connectivity index (χ3n) is 5.61. The fraction of sp³-hybridized carbons (Fsp3) is 0.292. The lowest BCUT2D eigenvalue weighted by Gasteiger charge is -2.36. The molecule has 0 aromatic carbocycles. The Morgan fingerprint density at radius 2 is 2.08 bits per heavy atom. The highest BCUT2D eigenvalue weighted by atomic mass is 32.1. The van der Waals surface area contributed by atoms with Gasteiger partial charge >= 0.3 is 0 Å². The summed E-state index contributed by atoms with van der Waals surface area (Å²) in [5, 5.41) is 26.4. The Hall–Kier alpha value is -4.37. The van der Waals surface area contributed by atoms with Crippen LogP contribution in [0.1, 0.15) is 36.1 Å². The molecule has 5 rings (SSSR count). The number of nitriles is 1. The average molecular weight is 501 g/mol. The van der Waals surface area contributed by atoms with Crippen molar-refractivity contribution in [1.82, 2.24) is 29.7 Å². The van der Waals surface area contributed by atoms with Crippen molar-refractivity contribution in [3.63, 3.8) is 0 Å². The molecule has 11 nitrogen and oxygen atoms in total. The van der Waals surface area contributed by atoms with Crippen molar-refractivity contribution < 1.29 is 4.79 Å². The quantitative estimate of drug-likeness (QED) is 0.303. The maximum absolute atomic E-state index is 12.8. The standard InChI is InChI=1S/C24H24N10OS/c1-13(2)29-19-7-20(21-5-4-17-6-15(8-25)9-28-34(17)21)27-10-18(19)22-31-32-23(36-22)24(35)33-11-16(12-33)30-14(3)26/h4-7,9-10,13,16H,11-12H2,1-3H3,(H2,26,30)(H,27,29). The van der Waals surface area contributed by atoms with Gasteiger partial charge in [0.2, 0.25) is 5.01 Å². The van der Waals surface area contributed by atoms with Crippen molar-refractivity contribution in [2.24, 2.45) is 10.7 Å². The number of carbonyl (C=O) groups is 1. The molecule has 0 atom stereocenters. The number of aliphatic imine (C=N–C) groups is 1. The lowest BCUT2D eigenvalue weighted by atomic mass is 10.1. The maximum Gasteiger partial charge on any atom is 0.285 e. The normalized spacial score (nSPS) is 14.2. The first-order chi connectivity index (χ1) is 17.3. The highest BCUT2D eigenvalue weighted by molar-refractivity contribution is 7.16. The first kappa shape index (κ1) is 23.4. The molecule has 1 amide bonds. The van der Waals surface area contributed by atoms with Gasteiger partial charge in [-0.05, 0) is 45.0 Å². The van der Waals surface area contributed by atoms with Crippen LogP contribution in [0.4, 0.5) is 5.69 Å². The van der Waals surface area contributed by atoms with E-state index >= 15 is 0 Å². The summed E-state index contributed by atoms with van der Waals surface area (Å²) in [6, 6.07) is 9.83. The minimum Gasteiger partial charge on any atom is -0.388 e. The highest BCUT2D eigenvalue weighted by Crippen LogP contribution is 2.34. The number of amides is 1. The number of aromatic nitrogens is 5. The van der Waals surface area contributed by atoms with E-state index in [4.69, 9.17) is 11.0 Å². The number of pyridine rings is 1. The number of fused-ring (bicyclic) bond motifs is 1. The smallest absolute Gasteiger partial charge is 0.285 e. The van der Waals surface area contributed by atoms with E-state index in [0.29, 0.717) is 40.2 Å². The first-order valence-corrected chi connectivity index (χ1v) is 12.2. The van der Waals surface area contributed by atoms with E-state index < -0.39 is 0 Å². The summed E-state index contributed by atoms with van der Waals surface area (Å²) in [5.74, 6) is 0.354. The zero-order chi connectivity index (χ0) is 25.4. The van der Waals surface area contributed by atoms with Gasteiger partial charge in [-0.1, -0.05) is 11.3 Å². The number of hydrogen-bond acceptors (Lipinski definition) is 9. The van der Waals surface area contributed by atoms with Crippen LogP contribution in [-0.2, 0) is 0 Å². The van der Waals surface area contributed by atoms with Gasteiger partial charge < -0.3 is 16.0 Å². The summed E-state index contributed by atoms with van der Waals surface area (Å²) < 4.78 is 1.75. The van der Waals surface area contributed by atoms with E-state index in [1.807, 2.05) is 32.0 Å². The fourth-order valence-electron chi connectivity index (χ4n) is 4.00. The number of carbonyl (C=O) groups excluding carboxylic acids is 1. The predicted octanol–water partition coefficient (Wildman–Crippen LogP) is 2.81. The van der Waals surface area contributed by atoms with Gasteiger partial charge in [0.05, 0.1) is 46.1 Å². The Labute approximate surface area is 211 Å². The largest absolute Gasteiger partial charge is 0.388 e. The molecule has 0 bridgehead atoms. The first-order valence-electron chi connectivity index (χ1n) is 11.4. The van der Waals surface area contributed by atoms with Gasteiger partial charge in [-0.25, -0.2) is 4.52 Å². The van der Waals surface area contributed by atoms with Crippen LogP contribution in [0, 0.1) is 11.3 Å². The number of nitrogens with one attached hydrogen (secondary N) is 1. The highest BCUT2D eigenvalue weighted by Gasteiger charge is 2.33. The van der Waals surface area contributed by atoms with Gasteiger partial charge in [-0.3, -0.25) is 14.8 Å². The molecule has 1 aliphatic heterocycles. The second kappa shape index (κ2) is 9.35. The molecule has 4 aromatic heterocycles. The molecule has 182 valence electrons. The van der Waals surface area contributed by atoms with E-state index in [0.717, 1.165) is 22.5 Å². The van der Waals surface area contributed by atoms with Crippen molar-refractivity contribution in [3.8, 4) is 28.0 Å². The Bertz CT molecular complexity index is 1520. The molecular weight excluding hydrogens is 476 g/mol. The van der Waals surface area contributed by atoms with Crippen molar-refractivity contribution in [1.29, 1.82) is 5.26 Å². The van der Waals surface area contributed by atoms with Gasteiger partial charge in [0, 0.05) is 31.0 Å². The van der Waals surface area contributed by atoms with Crippen LogP contribution in [-0.4, -0.2) is 66.6 Å². The molecular formula is C24H24N10OS. The number of likely N-dealkylation sites (tertiary alicyclic amines) is 1. The minimum atomic E-state index is -0.162. The third-order valence-corrected chi connectivity index (χ3v) is 6.56. The lowest BCUT2D eigenvalue weighted by molar-refractivity contribution is 0.0609. The molecule has 1 fully saturated rings. The summed E-state index contributed by atoms with van der Waals surface area (Å²) in [5.41, 5.74) is 10.0. The van der Waals surface area contributed by atoms with Crippen molar-refractivity contribution in [3.05, 3.63) is 47.2 Å². The van der Waals surface area contributed by atoms with Gasteiger partial charge in [-0.15, -0.1) is 10.2 Å². The fourth-order valence-corrected chi connectivity index (χ4v) is 4.83. The zero-order valence-electron chi connectivity index (χ0n) is 20.0. The van der Waals surface area contributed by atoms with Gasteiger partial charge in [0.25, 0.3) is 5.91 Å². The molecule has 3 N–H and O–H groups in total. The molecule has 12 heteroatoms. The zero-order valence-corrected chi connectivity index (χ0v) is 20.8. The number of amidine groups is 1. The topological polar surface area (TPSA) is 150 Å². The molecule has 1 aliphatic rings. The summed E-state index contributed by atoms with van der Waals surface area (Å²) in [6.07, 6.45) is 3.26. The molecule has 0 saturated carbocycles. The molecule has 0 aliphatic carbocycles. The molecule has 1 saturated heterocycles. The van der Waals surface area contributed by atoms with Crippen LogP contribution < -0.4 is 11.1 Å². The number of anilines is 1. The van der Waals surface area contributed by atoms with Crippen LogP contribution >= 0.6 is 11.3 Å². The van der Waals surface area contributed by atoms with E-state index in [9.17, 15) is 4.79 Å². The van der Waals surface area contributed by atoms with E-state index in [2.05, 4.69) is 36.7 Å². The molecule has 0 unspecified atom stereocenters. The van der Waals surface area contributed by atoms with Gasteiger partial charge in [0.1, 0.15) is 6.07 Å². The van der Waals surface area contributed by atoms with E-state index in [1.165, 1.54) is 17.5 Å². The average Bonchev–Trinajstić information content (AvgIpc) is 3.47. The number of rotatable bonds is 6. The van der Waals surface area contributed by atoms with Crippen molar-refractivity contribution in [2.45, 2.75) is 32.9 Å². The van der Waals surface area contributed by atoms with Gasteiger partial charge in [-0.2, -0.15) is 10.4 Å². The number of nitrogens with two attached hydrogens (primary N) is 1. The van der Waals surface area contributed by atoms with Crippen LogP contribution in [0.3, 0.4) is 0 Å². The monoisotopic (exact) mass is 500 g/mol. The van der Waals surface area contributed by atoms with Crippen LogP contribution in [0.25, 0.3) is 27.5 Å². The third kappa shape index (κ3) is 4.48. The SMILES string of the molecule is CC(N)=NC1CN(C(=O)c2nnc(-c3cnc(-c4ccc5cc(C#N)cnn45)cc3NC(C)C)s2)C1. The summed E-state index contributed by atoms with van der Waals surface area (Å²) in [4.78, 5) is 23.5. The predicted molar refractivity (Wildman–Crippen MR) is 138 cm³/mol.